The van der Waals surface area contributed by atoms with E-state index in [0.29, 0.717) is 6.54 Å². The Labute approximate surface area is 108 Å². The zero-order valence-corrected chi connectivity index (χ0v) is 10.5. The number of hydrogen-bond acceptors (Lipinski definition) is 3. The van der Waals surface area contributed by atoms with Crippen LogP contribution in [0.15, 0.2) is 17.5 Å². The predicted octanol–water partition coefficient (Wildman–Crippen LogP) is 1.78. The van der Waals surface area contributed by atoms with Crippen LogP contribution in [-0.2, 0) is 11.3 Å². The van der Waals surface area contributed by atoms with Crippen molar-refractivity contribution in [2.45, 2.75) is 24.9 Å². The molecule has 17 heavy (non-hydrogen) atoms. The highest BCUT2D eigenvalue weighted by Gasteiger charge is 2.42. The van der Waals surface area contributed by atoms with Gasteiger partial charge in [-0.1, -0.05) is 6.07 Å². The molecule has 1 aliphatic rings. The van der Waals surface area contributed by atoms with Crippen molar-refractivity contribution in [2.75, 3.05) is 6.54 Å². The first-order valence-electron chi connectivity index (χ1n) is 4.98. The van der Waals surface area contributed by atoms with E-state index in [2.05, 4.69) is 10.6 Å². The highest BCUT2D eigenvalue weighted by atomic mass is 35.5. The number of hydrogen-bond donors (Lipinski definition) is 2. The van der Waals surface area contributed by atoms with Gasteiger partial charge >= 0.3 is 0 Å². The summed E-state index contributed by atoms with van der Waals surface area (Å²) in [5.41, 5.74) is 0. The summed E-state index contributed by atoms with van der Waals surface area (Å²) >= 11 is 1.52. The van der Waals surface area contributed by atoms with Gasteiger partial charge in [-0.2, -0.15) is 0 Å². The summed E-state index contributed by atoms with van der Waals surface area (Å²) < 4.78 is 25.7. The van der Waals surface area contributed by atoms with Crippen LogP contribution in [0.2, 0.25) is 0 Å². The van der Waals surface area contributed by atoms with Crippen LogP contribution < -0.4 is 10.6 Å². The normalized spacial score (nSPS) is 21.9. The number of carbonyl (C=O) groups excluding carboxylic acids is 1. The first kappa shape index (κ1) is 14.3. The minimum Gasteiger partial charge on any atom is -0.350 e. The SMILES string of the molecule is Cl.O=C(NCc1cccs1)C1CC(F)(F)CN1. The molecule has 2 N–H and O–H groups in total. The molecule has 96 valence electrons. The van der Waals surface area contributed by atoms with Crippen molar-refractivity contribution in [2.24, 2.45) is 0 Å². The van der Waals surface area contributed by atoms with E-state index in [4.69, 9.17) is 0 Å². The molecule has 1 unspecified atom stereocenters. The Hall–Kier alpha value is -0.720. The topological polar surface area (TPSA) is 41.1 Å². The smallest absolute Gasteiger partial charge is 0.262 e. The van der Waals surface area contributed by atoms with E-state index in [9.17, 15) is 13.6 Å². The second-order valence-electron chi connectivity index (χ2n) is 3.79. The molecule has 0 radical (unpaired) electrons. The van der Waals surface area contributed by atoms with Crippen LogP contribution in [-0.4, -0.2) is 24.4 Å². The number of carbonyl (C=O) groups is 1. The third-order valence-electron chi connectivity index (χ3n) is 2.44. The van der Waals surface area contributed by atoms with Gasteiger partial charge in [-0.15, -0.1) is 23.7 Å². The summed E-state index contributed by atoms with van der Waals surface area (Å²) in [4.78, 5) is 12.5. The molecule has 0 aliphatic carbocycles. The van der Waals surface area contributed by atoms with E-state index in [1.54, 1.807) is 0 Å². The second kappa shape index (κ2) is 5.75. The number of nitrogens with one attached hydrogen (secondary N) is 2. The maximum absolute atomic E-state index is 12.8. The van der Waals surface area contributed by atoms with E-state index in [1.807, 2.05) is 17.5 Å². The second-order valence-corrected chi connectivity index (χ2v) is 4.82. The zero-order valence-electron chi connectivity index (χ0n) is 8.91. The van der Waals surface area contributed by atoms with E-state index in [0.717, 1.165) is 4.88 Å². The first-order valence-corrected chi connectivity index (χ1v) is 5.86. The molecule has 1 aliphatic heterocycles. The van der Waals surface area contributed by atoms with Gasteiger partial charge in [-0.05, 0) is 11.4 Å². The van der Waals surface area contributed by atoms with Crippen LogP contribution in [0.4, 0.5) is 8.78 Å². The molecule has 1 amide bonds. The van der Waals surface area contributed by atoms with E-state index in [-0.39, 0.29) is 18.3 Å². The minimum atomic E-state index is -2.76. The van der Waals surface area contributed by atoms with Crippen LogP contribution in [0, 0.1) is 0 Å². The fourth-order valence-corrected chi connectivity index (χ4v) is 2.26. The molecule has 7 heteroatoms. The van der Waals surface area contributed by atoms with Gasteiger partial charge in [0.25, 0.3) is 5.92 Å². The quantitative estimate of drug-likeness (QED) is 0.887. The largest absolute Gasteiger partial charge is 0.350 e. The van der Waals surface area contributed by atoms with Gasteiger partial charge in [0, 0.05) is 11.3 Å². The summed E-state index contributed by atoms with van der Waals surface area (Å²) in [5.74, 6) is -3.11. The molecule has 0 bridgehead atoms. The molecule has 0 spiro atoms. The third kappa shape index (κ3) is 3.90. The summed E-state index contributed by atoms with van der Waals surface area (Å²) in [6.45, 7) is -0.00958. The Morgan fingerprint density at radius 2 is 2.41 bits per heavy atom. The summed E-state index contributed by atoms with van der Waals surface area (Å²) in [6.07, 6.45) is -0.413. The lowest BCUT2D eigenvalue weighted by Crippen LogP contribution is -2.39. The minimum absolute atomic E-state index is 0. The summed E-state index contributed by atoms with van der Waals surface area (Å²) in [7, 11) is 0. The highest BCUT2D eigenvalue weighted by Crippen LogP contribution is 2.25. The van der Waals surface area contributed by atoms with E-state index in [1.165, 1.54) is 11.3 Å². The standard InChI is InChI=1S/C10H12F2N2OS.ClH/c11-10(12)4-8(14-6-10)9(15)13-5-7-2-1-3-16-7;/h1-3,8,14H,4-6H2,(H,13,15);1H. The lowest BCUT2D eigenvalue weighted by molar-refractivity contribution is -0.123. The van der Waals surface area contributed by atoms with Gasteiger partial charge in [0.05, 0.1) is 19.1 Å². The zero-order chi connectivity index (χ0) is 11.6. The lowest BCUT2D eigenvalue weighted by Gasteiger charge is -2.10. The summed E-state index contributed by atoms with van der Waals surface area (Å²) in [5, 5.41) is 7.06. The maximum Gasteiger partial charge on any atom is 0.262 e. The number of amides is 1. The molecular weight excluding hydrogens is 270 g/mol. The predicted molar refractivity (Wildman–Crippen MR) is 64.8 cm³/mol. The van der Waals surface area contributed by atoms with Crippen LogP contribution in [0.5, 0.6) is 0 Å². The van der Waals surface area contributed by atoms with Crippen molar-refractivity contribution in [1.82, 2.24) is 10.6 Å². The van der Waals surface area contributed by atoms with Crippen LogP contribution in [0.1, 0.15) is 11.3 Å². The molecule has 1 aromatic rings. The molecule has 0 aromatic carbocycles. The molecule has 1 atom stereocenters. The molecular formula is C10H13ClF2N2OS. The summed E-state index contributed by atoms with van der Waals surface area (Å²) in [6, 6.07) is 3.01. The van der Waals surface area contributed by atoms with Crippen molar-refractivity contribution in [3.63, 3.8) is 0 Å². The lowest BCUT2D eigenvalue weighted by atomic mass is 10.2. The van der Waals surface area contributed by atoms with Crippen LogP contribution in [0.25, 0.3) is 0 Å². The van der Waals surface area contributed by atoms with Crippen molar-refractivity contribution >= 4 is 29.7 Å². The molecule has 2 rings (SSSR count). The Morgan fingerprint density at radius 1 is 1.65 bits per heavy atom. The van der Waals surface area contributed by atoms with Crippen LogP contribution in [0.3, 0.4) is 0 Å². The van der Waals surface area contributed by atoms with Gasteiger partial charge in [0.15, 0.2) is 0 Å². The monoisotopic (exact) mass is 282 g/mol. The van der Waals surface area contributed by atoms with Crippen molar-refractivity contribution in [3.8, 4) is 0 Å². The molecule has 1 fully saturated rings. The van der Waals surface area contributed by atoms with Gasteiger partial charge in [0.1, 0.15) is 0 Å². The Morgan fingerprint density at radius 3 is 2.94 bits per heavy atom. The average molecular weight is 283 g/mol. The first-order chi connectivity index (χ1) is 7.57. The molecule has 0 saturated carbocycles. The van der Waals surface area contributed by atoms with Gasteiger partial charge in [0.2, 0.25) is 5.91 Å². The van der Waals surface area contributed by atoms with Gasteiger partial charge < -0.3 is 5.32 Å². The van der Waals surface area contributed by atoms with Crippen molar-refractivity contribution in [3.05, 3.63) is 22.4 Å². The number of halogens is 3. The third-order valence-corrected chi connectivity index (χ3v) is 3.32. The Bertz CT molecular complexity index is 372. The molecule has 1 saturated heterocycles. The van der Waals surface area contributed by atoms with Crippen molar-refractivity contribution < 1.29 is 13.6 Å². The maximum atomic E-state index is 12.8. The molecule has 2 heterocycles. The van der Waals surface area contributed by atoms with Crippen LogP contribution >= 0.6 is 23.7 Å². The number of rotatable bonds is 3. The fraction of sp³-hybridized carbons (Fsp3) is 0.500. The number of alkyl halides is 2. The molecule has 3 nitrogen and oxygen atoms in total. The van der Waals surface area contributed by atoms with Gasteiger partial charge in [-0.3, -0.25) is 10.1 Å². The highest BCUT2D eigenvalue weighted by molar-refractivity contribution is 7.09. The van der Waals surface area contributed by atoms with Gasteiger partial charge in [-0.25, -0.2) is 8.78 Å². The number of thiophene rings is 1. The molecule has 1 aromatic heterocycles. The van der Waals surface area contributed by atoms with E-state index >= 15 is 0 Å². The van der Waals surface area contributed by atoms with E-state index < -0.39 is 24.9 Å². The Kier molecular flexibility index (Phi) is 4.85. The average Bonchev–Trinajstić information content (AvgIpc) is 2.83. The Balaban J connectivity index is 0.00000144. The fourth-order valence-electron chi connectivity index (χ4n) is 1.61. The van der Waals surface area contributed by atoms with Crippen molar-refractivity contribution in [1.29, 1.82) is 0 Å².